The molecule has 1 aliphatic heterocycles. The van der Waals surface area contributed by atoms with E-state index < -0.39 is 0 Å². The Balaban J connectivity index is 1.56. The Bertz CT molecular complexity index is 1220. The topological polar surface area (TPSA) is 74.2 Å². The second-order valence-electron chi connectivity index (χ2n) is 7.72. The molecule has 162 valence electrons. The van der Waals surface area contributed by atoms with Gasteiger partial charge in [-0.2, -0.15) is 0 Å². The second-order valence-corrected chi connectivity index (χ2v) is 8.58. The molecular weight excluding hydrogens is 420 g/mol. The molecule has 0 bridgehead atoms. The van der Waals surface area contributed by atoms with Gasteiger partial charge in [0.05, 0.1) is 11.9 Å². The molecule has 1 saturated heterocycles. The van der Waals surface area contributed by atoms with Crippen LogP contribution < -0.4 is 10.2 Å². The summed E-state index contributed by atoms with van der Waals surface area (Å²) < 4.78 is 0. The van der Waals surface area contributed by atoms with Gasteiger partial charge in [0.25, 0.3) is 0 Å². The summed E-state index contributed by atoms with van der Waals surface area (Å²) in [5, 5.41) is 5.96. The van der Waals surface area contributed by atoms with E-state index in [-0.39, 0.29) is 5.91 Å². The van der Waals surface area contributed by atoms with Gasteiger partial charge in [0.2, 0.25) is 5.91 Å². The summed E-state index contributed by atoms with van der Waals surface area (Å²) in [7, 11) is 1.68. The van der Waals surface area contributed by atoms with Crippen molar-refractivity contribution in [2.45, 2.75) is 0 Å². The van der Waals surface area contributed by atoms with Crippen LogP contribution in [-0.4, -0.2) is 65.5 Å². The molecule has 0 atom stereocenters. The number of thiophene rings is 1. The van der Waals surface area contributed by atoms with E-state index in [2.05, 4.69) is 49.7 Å². The highest BCUT2D eigenvalue weighted by Gasteiger charge is 2.24. The van der Waals surface area contributed by atoms with Crippen molar-refractivity contribution in [2.75, 3.05) is 44.7 Å². The minimum absolute atomic E-state index is 0.0458. The molecule has 0 spiro atoms. The monoisotopic (exact) mass is 444 g/mol. The number of amides is 1. The first kappa shape index (κ1) is 20.5. The fourth-order valence-electron chi connectivity index (χ4n) is 3.99. The molecule has 4 aromatic rings. The van der Waals surface area contributed by atoms with Gasteiger partial charge >= 0.3 is 0 Å². The van der Waals surface area contributed by atoms with Gasteiger partial charge in [-0.05, 0) is 17.7 Å². The molecule has 32 heavy (non-hydrogen) atoms. The summed E-state index contributed by atoms with van der Waals surface area (Å²) in [6.07, 6.45) is 1.77. The molecule has 3 aromatic heterocycles. The molecule has 1 aliphatic rings. The van der Waals surface area contributed by atoms with Crippen molar-refractivity contribution >= 4 is 33.3 Å². The average Bonchev–Trinajstić information content (AvgIpc) is 3.29. The van der Waals surface area contributed by atoms with E-state index in [4.69, 9.17) is 9.97 Å². The molecule has 1 N–H and O–H groups in total. The molecule has 1 fully saturated rings. The fraction of sp³-hybridized carbons (Fsp3) is 0.250. The van der Waals surface area contributed by atoms with Crippen molar-refractivity contribution in [1.82, 2.24) is 25.2 Å². The number of hydrogen-bond acceptors (Lipinski definition) is 7. The van der Waals surface area contributed by atoms with Crippen LogP contribution >= 0.6 is 11.3 Å². The van der Waals surface area contributed by atoms with Crippen molar-refractivity contribution in [3.63, 3.8) is 0 Å². The van der Waals surface area contributed by atoms with E-state index >= 15 is 0 Å². The van der Waals surface area contributed by atoms with Crippen molar-refractivity contribution in [3.05, 3.63) is 60.1 Å². The Morgan fingerprint density at radius 3 is 2.53 bits per heavy atom. The Morgan fingerprint density at radius 2 is 1.81 bits per heavy atom. The van der Waals surface area contributed by atoms with Gasteiger partial charge in [-0.3, -0.25) is 14.7 Å². The molecule has 0 saturated carbocycles. The number of nitrogens with zero attached hydrogens (tertiary/aromatic N) is 5. The Kier molecular flexibility index (Phi) is 5.79. The normalized spacial score (nSPS) is 14.6. The SMILES string of the molecule is CNC(=O)CN1CCN(c2nc(-c3ccccn3)nc3scc(-c4ccccc4)c23)CC1. The summed E-state index contributed by atoms with van der Waals surface area (Å²) in [6.45, 7) is 3.64. The number of likely N-dealkylation sites (N-methyl/N-ethyl adjacent to an activating group) is 1. The number of rotatable bonds is 5. The lowest BCUT2D eigenvalue weighted by Gasteiger charge is -2.35. The van der Waals surface area contributed by atoms with E-state index in [0.29, 0.717) is 12.4 Å². The van der Waals surface area contributed by atoms with Gasteiger partial charge in [-0.1, -0.05) is 36.4 Å². The quantitative estimate of drug-likeness (QED) is 0.509. The van der Waals surface area contributed by atoms with Crippen LogP contribution in [0.25, 0.3) is 32.9 Å². The molecule has 5 rings (SSSR count). The zero-order valence-electron chi connectivity index (χ0n) is 17.9. The van der Waals surface area contributed by atoms with Crippen LogP contribution in [0.15, 0.2) is 60.1 Å². The van der Waals surface area contributed by atoms with Crippen LogP contribution in [0.2, 0.25) is 0 Å². The summed E-state index contributed by atoms with van der Waals surface area (Å²) in [6, 6.07) is 16.2. The molecule has 4 heterocycles. The smallest absolute Gasteiger partial charge is 0.233 e. The highest BCUT2D eigenvalue weighted by atomic mass is 32.1. The van der Waals surface area contributed by atoms with Crippen LogP contribution in [0.1, 0.15) is 0 Å². The number of hydrogen-bond donors (Lipinski definition) is 1. The predicted octanol–water partition coefficient (Wildman–Crippen LogP) is 3.29. The van der Waals surface area contributed by atoms with Gasteiger partial charge in [-0.25, -0.2) is 9.97 Å². The Hall–Kier alpha value is -3.36. The highest BCUT2D eigenvalue weighted by Crippen LogP contribution is 2.39. The Labute approximate surface area is 190 Å². The minimum Gasteiger partial charge on any atom is -0.358 e. The third kappa shape index (κ3) is 4.06. The number of benzene rings is 1. The van der Waals surface area contributed by atoms with Gasteiger partial charge in [0.15, 0.2) is 5.82 Å². The van der Waals surface area contributed by atoms with Gasteiger partial charge < -0.3 is 10.2 Å². The van der Waals surface area contributed by atoms with E-state index in [1.54, 1.807) is 24.6 Å². The van der Waals surface area contributed by atoms with Gasteiger partial charge in [0, 0.05) is 50.4 Å². The molecule has 8 heteroatoms. The average molecular weight is 445 g/mol. The summed E-state index contributed by atoms with van der Waals surface area (Å²) in [5.74, 6) is 1.63. The maximum atomic E-state index is 11.8. The largest absolute Gasteiger partial charge is 0.358 e. The second kappa shape index (κ2) is 9.02. The van der Waals surface area contributed by atoms with Gasteiger partial charge in [0.1, 0.15) is 16.3 Å². The van der Waals surface area contributed by atoms with Crippen LogP contribution in [0.3, 0.4) is 0 Å². The van der Waals surface area contributed by atoms with Crippen LogP contribution in [0.4, 0.5) is 5.82 Å². The summed E-state index contributed by atoms with van der Waals surface area (Å²) >= 11 is 1.64. The maximum Gasteiger partial charge on any atom is 0.233 e. The first-order valence-electron chi connectivity index (χ1n) is 10.7. The number of carbonyl (C=O) groups is 1. The Morgan fingerprint density at radius 1 is 1.03 bits per heavy atom. The summed E-state index contributed by atoms with van der Waals surface area (Å²) in [4.78, 5) is 31.6. The van der Waals surface area contributed by atoms with E-state index in [1.807, 2.05) is 24.3 Å². The number of piperazine rings is 1. The first-order chi connectivity index (χ1) is 15.7. The van der Waals surface area contributed by atoms with Crippen molar-refractivity contribution in [3.8, 4) is 22.6 Å². The third-order valence-corrected chi connectivity index (χ3v) is 6.58. The lowest BCUT2D eigenvalue weighted by Crippen LogP contribution is -2.49. The molecule has 0 aliphatic carbocycles. The third-order valence-electron chi connectivity index (χ3n) is 5.71. The first-order valence-corrected chi connectivity index (χ1v) is 11.5. The maximum absolute atomic E-state index is 11.8. The fourth-order valence-corrected chi connectivity index (χ4v) is 4.93. The van der Waals surface area contributed by atoms with E-state index in [1.165, 1.54) is 0 Å². The standard InChI is InChI=1S/C24H24N6OS/c1-25-20(31)15-29-11-13-30(14-12-29)23-21-18(17-7-3-2-4-8-17)16-32-24(21)28-22(27-23)19-9-5-6-10-26-19/h2-10,16H,11-15H2,1H3,(H,25,31). The van der Waals surface area contributed by atoms with E-state index in [0.717, 1.165) is 59.0 Å². The molecule has 0 unspecified atom stereocenters. The highest BCUT2D eigenvalue weighted by molar-refractivity contribution is 7.17. The van der Waals surface area contributed by atoms with Crippen molar-refractivity contribution in [1.29, 1.82) is 0 Å². The number of pyridine rings is 1. The number of fused-ring (bicyclic) bond motifs is 1. The van der Waals surface area contributed by atoms with Crippen LogP contribution in [-0.2, 0) is 4.79 Å². The molecular formula is C24H24N6OS. The predicted molar refractivity (Wildman–Crippen MR) is 129 cm³/mol. The van der Waals surface area contributed by atoms with Crippen LogP contribution in [0.5, 0.6) is 0 Å². The number of nitrogens with one attached hydrogen (secondary N) is 1. The number of anilines is 1. The van der Waals surface area contributed by atoms with E-state index in [9.17, 15) is 4.79 Å². The van der Waals surface area contributed by atoms with Gasteiger partial charge in [-0.15, -0.1) is 11.3 Å². The molecule has 1 amide bonds. The minimum atomic E-state index is 0.0458. The van der Waals surface area contributed by atoms with Crippen molar-refractivity contribution in [2.24, 2.45) is 0 Å². The lowest BCUT2D eigenvalue weighted by atomic mass is 10.1. The number of carbonyl (C=O) groups excluding carboxylic acids is 1. The number of aromatic nitrogens is 3. The van der Waals surface area contributed by atoms with Crippen molar-refractivity contribution < 1.29 is 4.79 Å². The summed E-state index contributed by atoms with van der Waals surface area (Å²) in [5.41, 5.74) is 3.08. The zero-order chi connectivity index (χ0) is 21.9. The zero-order valence-corrected chi connectivity index (χ0v) is 18.7. The molecule has 0 radical (unpaired) electrons. The van der Waals surface area contributed by atoms with Crippen LogP contribution in [0, 0.1) is 0 Å². The molecule has 1 aromatic carbocycles. The molecule has 7 nitrogen and oxygen atoms in total. The lowest BCUT2D eigenvalue weighted by molar-refractivity contribution is -0.121.